The van der Waals surface area contributed by atoms with E-state index >= 15 is 0 Å². The van der Waals surface area contributed by atoms with Gasteiger partial charge in [-0.1, -0.05) is 6.92 Å². The molecule has 1 heterocycles. The van der Waals surface area contributed by atoms with Crippen molar-refractivity contribution in [2.45, 2.75) is 6.92 Å². The van der Waals surface area contributed by atoms with Crippen LogP contribution in [0.2, 0.25) is 0 Å². The molecule has 17 heavy (non-hydrogen) atoms. The van der Waals surface area contributed by atoms with Crippen LogP contribution in [-0.2, 0) is 4.74 Å². The molecule has 1 saturated heterocycles. The lowest BCUT2D eigenvalue weighted by atomic mass is 9.88. The molecule has 0 N–H and O–H groups in total. The van der Waals surface area contributed by atoms with Crippen molar-refractivity contribution in [2.24, 2.45) is 5.41 Å². The highest BCUT2D eigenvalue weighted by molar-refractivity contribution is 5.52. The number of hydrogen-bond acceptors (Lipinski definition) is 4. The molecule has 4 nitrogen and oxygen atoms in total. The summed E-state index contributed by atoms with van der Waals surface area (Å²) in [5.41, 5.74) is 0.983. The highest BCUT2D eigenvalue weighted by atomic mass is 16.5. The van der Waals surface area contributed by atoms with E-state index in [1.807, 2.05) is 24.3 Å². The van der Waals surface area contributed by atoms with Crippen LogP contribution in [0.15, 0.2) is 24.3 Å². The van der Waals surface area contributed by atoms with Gasteiger partial charge in [0.15, 0.2) is 6.19 Å². The van der Waals surface area contributed by atoms with E-state index in [-0.39, 0.29) is 5.41 Å². The number of ether oxygens (including phenoxy) is 2. The largest absolute Gasteiger partial charge is 0.497 e. The third-order valence-corrected chi connectivity index (χ3v) is 2.95. The number of nitriles is 1. The smallest absolute Gasteiger partial charge is 0.184 e. The molecular weight excluding hydrogens is 216 g/mol. The molecule has 0 aromatic heterocycles. The fourth-order valence-electron chi connectivity index (χ4n) is 1.87. The molecule has 0 radical (unpaired) electrons. The summed E-state index contributed by atoms with van der Waals surface area (Å²) in [6.45, 7) is 4.27. The van der Waals surface area contributed by atoms with Crippen molar-refractivity contribution in [2.75, 3.05) is 31.8 Å². The second kappa shape index (κ2) is 4.64. The van der Waals surface area contributed by atoms with Crippen molar-refractivity contribution >= 4 is 5.69 Å². The summed E-state index contributed by atoms with van der Waals surface area (Å²) < 4.78 is 10.3. The maximum atomic E-state index is 9.19. The van der Waals surface area contributed by atoms with E-state index in [2.05, 4.69) is 13.1 Å². The summed E-state index contributed by atoms with van der Waals surface area (Å²) in [7, 11) is 1.63. The van der Waals surface area contributed by atoms with Crippen molar-refractivity contribution in [3.63, 3.8) is 0 Å². The summed E-state index contributed by atoms with van der Waals surface area (Å²) in [6, 6.07) is 7.51. The molecule has 0 spiro atoms. The third-order valence-electron chi connectivity index (χ3n) is 2.95. The summed E-state index contributed by atoms with van der Waals surface area (Å²) in [4.78, 5) is 1.70. The summed E-state index contributed by atoms with van der Waals surface area (Å²) in [5.74, 6) is 0.796. The van der Waals surface area contributed by atoms with Crippen LogP contribution in [0.1, 0.15) is 6.92 Å². The molecule has 2 rings (SSSR count). The van der Waals surface area contributed by atoms with Gasteiger partial charge in [0.25, 0.3) is 0 Å². The van der Waals surface area contributed by atoms with Gasteiger partial charge in [0.2, 0.25) is 0 Å². The number of nitrogens with zero attached hydrogens (tertiary/aromatic N) is 2. The Balaban J connectivity index is 2.09. The van der Waals surface area contributed by atoms with E-state index in [1.54, 1.807) is 12.0 Å². The minimum Gasteiger partial charge on any atom is -0.497 e. The van der Waals surface area contributed by atoms with Crippen molar-refractivity contribution in [1.29, 1.82) is 5.26 Å². The van der Waals surface area contributed by atoms with Gasteiger partial charge in [-0.2, -0.15) is 5.26 Å². The Morgan fingerprint density at radius 3 is 2.47 bits per heavy atom. The number of anilines is 1. The van der Waals surface area contributed by atoms with Gasteiger partial charge in [0.05, 0.1) is 26.0 Å². The van der Waals surface area contributed by atoms with E-state index in [1.165, 1.54) is 0 Å². The average molecular weight is 232 g/mol. The third kappa shape index (κ3) is 2.51. The maximum Gasteiger partial charge on any atom is 0.184 e. The predicted molar refractivity (Wildman–Crippen MR) is 64.9 cm³/mol. The van der Waals surface area contributed by atoms with Crippen molar-refractivity contribution in [3.8, 4) is 11.9 Å². The zero-order valence-electron chi connectivity index (χ0n) is 10.1. The lowest BCUT2D eigenvalue weighted by Gasteiger charge is -2.40. The molecule has 0 unspecified atom stereocenters. The van der Waals surface area contributed by atoms with Crippen LogP contribution in [0.3, 0.4) is 0 Å². The molecule has 0 atom stereocenters. The van der Waals surface area contributed by atoms with Crippen LogP contribution in [0, 0.1) is 16.9 Å². The molecular formula is C13H16N2O2. The highest BCUT2D eigenvalue weighted by Gasteiger charge is 2.35. The summed E-state index contributed by atoms with van der Waals surface area (Å²) in [5, 5.41) is 9.19. The Labute approximate surface area is 101 Å². The monoisotopic (exact) mass is 232 g/mol. The van der Waals surface area contributed by atoms with Gasteiger partial charge in [-0.25, -0.2) is 0 Å². The van der Waals surface area contributed by atoms with Crippen LogP contribution in [0.5, 0.6) is 5.75 Å². The van der Waals surface area contributed by atoms with Crippen LogP contribution >= 0.6 is 0 Å². The second-order valence-electron chi connectivity index (χ2n) is 4.69. The predicted octanol–water partition coefficient (Wildman–Crippen LogP) is 2.02. The van der Waals surface area contributed by atoms with Crippen LogP contribution in [0.4, 0.5) is 5.69 Å². The molecule has 0 saturated carbocycles. The van der Waals surface area contributed by atoms with E-state index in [0.29, 0.717) is 6.54 Å². The molecule has 0 aliphatic carbocycles. The molecule has 4 heteroatoms. The molecule has 1 aromatic carbocycles. The Bertz CT molecular complexity index is 418. The number of benzene rings is 1. The second-order valence-corrected chi connectivity index (χ2v) is 4.69. The minimum absolute atomic E-state index is 0.0929. The average Bonchev–Trinajstić information content (AvgIpc) is 2.34. The molecule has 1 aliphatic rings. The van der Waals surface area contributed by atoms with Gasteiger partial charge < -0.3 is 9.47 Å². The van der Waals surface area contributed by atoms with Crippen LogP contribution in [0.25, 0.3) is 0 Å². The van der Waals surface area contributed by atoms with Crippen LogP contribution < -0.4 is 9.64 Å². The van der Waals surface area contributed by atoms with Crippen molar-refractivity contribution in [1.82, 2.24) is 0 Å². The van der Waals surface area contributed by atoms with Crippen molar-refractivity contribution < 1.29 is 9.47 Å². The van der Waals surface area contributed by atoms with E-state index < -0.39 is 0 Å². The van der Waals surface area contributed by atoms with Gasteiger partial charge in [-0.3, -0.25) is 4.90 Å². The minimum atomic E-state index is 0.0929. The number of hydrogen-bond donors (Lipinski definition) is 0. The molecule has 1 aromatic rings. The highest BCUT2D eigenvalue weighted by Crippen LogP contribution is 2.30. The maximum absolute atomic E-state index is 9.19. The summed E-state index contributed by atoms with van der Waals surface area (Å²) in [6.07, 6.45) is 2.22. The van der Waals surface area contributed by atoms with Gasteiger partial charge in [0.1, 0.15) is 5.75 Å². The first kappa shape index (κ1) is 11.7. The SMILES string of the molecule is COc1ccc(N(C#N)CC2(C)COC2)cc1. The fraction of sp³-hybridized carbons (Fsp3) is 0.462. The zero-order chi connectivity index (χ0) is 12.3. The molecule has 90 valence electrons. The Morgan fingerprint density at radius 1 is 1.41 bits per heavy atom. The Kier molecular flexibility index (Phi) is 3.21. The van der Waals surface area contributed by atoms with E-state index in [0.717, 1.165) is 24.7 Å². The van der Waals surface area contributed by atoms with Gasteiger partial charge in [-0.15, -0.1) is 0 Å². The quantitative estimate of drug-likeness (QED) is 0.588. The van der Waals surface area contributed by atoms with Crippen LogP contribution in [-0.4, -0.2) is 26.9 Å². The van der Waals surface area contributed by atoms with E-state index in [4.69, 9.17) is 9.47 Å². The Morgan fingerprint density at radius 2 is 2.06 bits per heavy atom. The zero-order valence-corrected chi connectivity index (χ0v) is 10.1. The van der Waals surface area contributed by atoms with Gasteiger partial charge in [-0.05, 0) is 24.3 Å². The van der Waals surface area contributed by atoms with E-state index in [9.17, 15) is 5.26 Å². The Hall–Kier alpha value is -1.73. The first-order valence-corrected chi connectivity index (χ1v) is 5.56. The fourth-order valence-corrected chi connectivity index (χ4v) is 1.87. The molecule has 0 bridgehead atoms. The molecule has 1 aliphatic heterocycles. The number of methoxy groups -OCH3 is 1. The standard InChI is InChI=1S/C13H16N2O2/c1-13(8-17-9-13)7-15(10-14)11-3-5-12(16-2)6-4-11/h3-6H,7-9H2,1-2H3. The van der Waals surface area contributed by atoms with Gasteiger partial charge in [0, 0.05) is 12.0 Å². The normalized spacial score (nSPS) is 16.8. The molecule has 1 fully saturated rings. The first-order chi connectivity index (χ1) is 8.17. The lowest BCUT2D eigenvalue weighted by molar-refractivity contribution is -0.0946. The summed E-state index contributed by atoms with van der Waals surface area (Å²) >= 11 is 0. The molecule has 0 amide bonds. The lowest BCUT2D eigenvalue weighted by Crippen LogP contribution is -2.47. The first-order valence-electron chi connectivity index (χ1n) is 5.56. The topological polar surface area (TPSA) is 45.5 Å². The number of rotatable bonds is 4. The van der Waals surface area contributed by atoms with Crippen molar-refractivity contribution in [3.05, 3.63) is 24.3 Å². The van der Waals surface area contributed by atoms with Gasteiger partial charge >= 0.3 is 0 Å².